The Morgan fingerprint density at radius 2 is 1.90 bits per heavy atom. The molecule has 5 nitrogen and oxygen atoms in total. The van der Waals surface area contributed by atoms with Gasteiger partial charge in [-0.05, 0) is 18.9 Å². The minimum absolute atomic E-state index is 0.121. The summed E-state index contributed by atoms with van der Waals surface area (Å²) >= 11 is 0. The summed E-state index contributed by atoms with van der Waals surface area (Å²) in [6.45, 7) is 3.41. The number of nitrogens with two attached hydrogens (primary N) is 1. The van der Waals surface area contributed by atoms with Gasteiger partial charge in [0.2, 0.25) is 0 Å². The topological polar surface area (TPSA) is 72.1 Å². The lowest BCUT2D eigenvalue weighted by Gasteiger charge is -2.21. The fraction of sp³-hybridized carbons (Fsp3) is 0.312. The molecule has 0 radical (unpaired) electrons. The van der Waals surface area contributed by atoms with Crippen molar-refractivity contribution in [2.24, 2.45) is 5.73 Å². The highest BCUT2D eigenvalue weighted by atomic mass is 16.2. The Kier molecular flexibility index (Phi) is 5.40. The number of nitrogens with zero attached hydrogens (tertiary/aromatic N) is 3. The van der Waals surface area contributed by atoms with E-state index in [1.165, 1.54) is 11.8 Å². The molecular weight excluding hydrogens is 264 g/mol. The van der Waals surface area contributed by atoms with Crippen LogP contribution in [0.3, 0.4) is 0 Å². The van der Waals surface area contributed by atoms with Crippen molar-refractivity contribution in [2.75, 3.05) is 19.6 Å². The molecule has 2 rings (SSSR count). The molecular formula is C16H20N4O. The number of carbonyl (C=O) groups excluding carboxylic acids is 1. The van der Waals surface area contributed by atoms with Crippen molar-refractivity contribution in [3.63, 3.8) is 0 Å². The van der Waals surface area contributed by atoms with Crippen LogP contribution in [0.5, 0.6) is 0 Å². The number of aryl methyl sites for hydroxylation is 1. The van der Waals surface area contributed by atoms with Crippen molar-refractivity contribution in [3.8, 4) is 0 Å². The fourth-order valence-corrected chi connectivity index (χ4v) is 2.04. The number of rotatable bonds is 6. The van der Waals surface area contributed by atoms with Crippen LogP contribution in [0.15, 0.2) is 42.7 Å². The summed E-state index contributed by atoms with van der Waals surface area (Å²) in [6, 6.07) is 10.1. The normalized spacial score (nSPS) is 10.4. The Hall–Kier alpha value is -2.27. The molecule has 0 aliphatic carbocycles. The fourth-order valence-electron chi connectivity index (χ4n) is 2.04. The lowest BCUT2D eigenvalue weighted by atomic mass is 10.1. The van der Waals surface area contributed by atoms with E-state index in [0.717, 1.165) is 12.1 Å². The predicted octanol–water partition coefficient (Wildman–Crippen LogP) is 1.43. The first kappa shape index (κ1) is 15.1. The molecule has 1 heterocycles. The average molecular weight is 284 g/mol. The van der Waals surface area contributed by atoms with E-state index < -0.39 is 0 Å². The van der Waals surface area contributed by atoms with E-state index in [1.807, 2.05) is 25.1 Å². The molecule has 0 unspecified atom stereocenters. The Bertz CT molecular complexity index is 569. The zero-order valence-corrected chi connectivity index (χ0v) is 12.2. The van der Waals surface area contributed by atoms with Crippen molar-refractivity contribution in [2.45, 2.75) is 13.3 Å². The van der Waals surface area contributed by atoms with E-state index in [9.17, 15) is 4.79 Å². The van der Waals surface area contributed by atoms with E-state index in [-0.39, 0.29) is 5.91 Å². The first-order chi connectivity index (χ1) is 10.2. The molecule has 0 bridgehead atoms. The number of hydrogen-bond acceptors (Lipinski definition) is 4. The summed E-state index contributed by atoms with van der Waals surface area (Å²) in [5, 5.41) is 0. The van der Waals surface area contributed by atoms with Crippen LogP contribution in [0.4, 0.5) is 0 Å². The van der Waals surface area contributed by atoms with E-state index in [1.54, 1.807) is 11.1 Å². The molecule has 2 N–H and O–H groups in total. The van der Waals surface area contributed by atoms with Crippen LogP contribution in [-0.4, -0.2) is 40.4 Å². The van der Waals surface area contributed by atoms with Gasteiger partial charge in [0.25, 0.3) is 5.91 Å². The van der Waals surface area contributed by atoms with Crippen molar-refractivity contribution < 1.29 is 4.79 Å². The van der Waals surface area contributed by atoms with Crippen molar-refractivity contribution >= 4 is 5.91 Å². The Labute approximate surface area is 124 Å². The second-order valence-electron chi connectivity index (χ2n) is 4.86. The van der Waals surface area contributed by atoms with Crippen LogP contribution >= 0.6 is 0 Å². The highest BCUT2D eigenvalue weighted by Gasteiger charge is 2.16. The van der Waals surface area contributed by atoms with Gasteiger partial charge in [-0.3, -0.25) is 9.78 Å². The molecule has 2 aromatic rings. The van der Waals surface area contributed by atoms with Gasteiger partial charge in [-0.15, -0.1) is 0 Å². The maximum absolute atomic E-state index is 12.4. The quantitative estimate of drug-likeness (QED) is 0.871. The summed E-state index contributed by atoms with van der Waals surface area (Å²) in [5.41, 5.74) is 7.96. The lowest BCUT2D eigenvalue weighted by Crippen LogP contribution is -2.37. The number of benzene rings is 1. The van der Waals surface area contributed by atoms with Gasteiger partial charge in [-0.1, -0.05) is 30.3 Å². The van der Waals surface area contributed by atoms with Gasteiger partial charge < -0.3 is 10.6 Å². The number of aromatic nitrogens is 2. The maximum Gasteiger partial charge on any atom is 0.274 e. The Morgan fingerprint density at radius 3 is 2.52 bits per heavy atom. The summed E-state index contributed by atoms with van der Waals surface area (Å²) in [6.07, 6.45) is 3.92. The standard InChI is InChI=1S/C16H20N4O/c1-13-11-19-15(12-18-13)16(21)20(10-8-17)9-7-14-5-3-2-4-6-14/h2-6,11-12H,7-10,17H2,1H3. The van der Waals surface area contributed by atoms with Crippen molar-refractivity contribution in [1.29, 1.82) is 0 Å². The predicted molar refractivity (Wildman–Crippen MR) is 81.9 cm³/mol. The highest BCUT2D eigenvalue weighted by molar-refractivity contribution is 5.92. The summed E-state index contributed by atoms with van der Waals surface area (Å²) in [4.78, 5) is 22.4. The van der Waals surface area contributed by atoms with Gasteiger partial charge in [0.05, 0.1) is 11.9 Å². The van der Waals surface area contributed by atoms with Gasteiger partial charge in [-0.25, -0.2) is 4.98 Å². The van der Waals surface area contributed by atoms with E-state index in [4.69, 9.17) is 5.73 Å². The average Bonchev–Trinajstić information content (AvgIpc) is 2.52. The second kappa shape index (κ2) is 7.50. The van der Waals surface area contributed by atoms with E-state index in [2.05, 4.69) is 22.1 Å². The number of carbonyl (C=O) groups is 1. The van der Waals surface area contributed by atoms with Crippen LogP contribution in [0.25, 0.3) is 0 Å². The van der Waals surface area contributed by atoms with Crippen LogP contribution in [0.1, 0.15) is 21.7 Å². The first-order valence-electron chi connectivity index (χ1n) is 7.02. The third-order valence-electron chi connectivity index (χ3n) is 3.20. The second-order valence-corrected chi connectivity index (χ2v) is 4.86. The van der Waals surface area contributed by atoms with Crippen LogP contribution < -0.4 is 5.73 Å². The number of hydrogen-bond donors (Lipinski definition) is 1. The van der Waals surface area contributed by atoms with E-state index >= 15 is 0 Å². The molecule has 1 amide bonds. The molecule has 110 valence electrons. The van der Waals surface area contributed by atoms with Gasteiger partial charge in [0.15, 0.2) is 0 Å². The summed E-state index contributed by atoms with van der Waals surface area (Å²) < 4.78 is 0. The van der Waals surface area contributed by atoms with Gasteiger partial charge in [0, 0.05) is 25.8 Å². The van der Waals surface area contributed by atoms with Gasteiger partial charge in [0.1, 0.15) is 5.69 Å². The smallest absolute Gasteiger partial charge is 0.274 e. The summed E-state index contributed by atoms with van der Waals surface area (Å²) in [7, 11) is 0. The van der Waals surface area contributed by atoms with Crippen molar-refractivity contribution in [3.05, 3.63) is 59.7 Å². The Morgan fingerprint density at radius 1 is 1.14 bits per heavy atom. The highest BCUT2D eigenvalue weighted by Crippen LogP contribution is 2.05. The minimum atomic E-state index is -0.121. The van der Waals surface area contributed by atoms with Crippen LogP contribution in [0.2, 0.25) is 0 Å². The molecule has 1 aromatic carbocycles. The zero-order valence-electron chi connectivity index (χ0n) is 12.2. The third kappa shape index (κ3) is 4.36. The number of amides is 1. The molecule has 0 fully saturated rings. The molecule has 0 saturated carbocycles. The Balaban J connectivity index is 2.03. The third-order valence-corrected chi connectivity index (χ3v) is 3.20. The van der Waals surface area contributed by atoms with Crippen LogP contribution in [0, 0.1) is 6.92 Å². The minimum Gasteiger partial charge on any atom is -0.336 e. The summed E-state index contributed by atoms with van der Waals surface area (Å²) in [5.74, 6) is -0.121. The largest absolute Gasteiger partial charge is 0.336 e. The lowest BCUT2D eigenvalue weighted by molar-refractivity contribution is 0.0755. The van der Waals surface area contributed by atoms with Crippen molar-refractivity contribution in [1.82, 2.24) is 14.9 Å². The molecule has 1 aromatic heterocycles. The molecule has 5 heteroatoms. The van der Waals surface area contributed by atoms with E-state index in [0.29, 0.717) is 25.3 Å². The molecule has 0 saturated heterocycles. The molecule has 0 aliphatic rings. The monoisotopic (exact) mass is 284 g/mol. The van der Waals surface area contributed by atoms with Gasteiger partial charge in [-0.2, -0.15) is 0 Å². The molecule has 0 atom stereocenters. The maximum atomic E-state index is 12.4. The SMILES string of the molecule is Cc1cnc(C(=O)N(CCN)CCc2ccccc2)cn1. The molecule has 0 spiro atoms. The van der Waals surface area contributed by atoms with Crippen LogP contribution in [-0.2, 0) is 6.42 Å². The zero-order chi connectivity index (χ0) is 15.1. The molecule has 0 aliphatic heterocycles. The van der Waals surface area contributed by atoms with Gasteiger partial charge >= 0.3 is 0 Å². The molecule has 21 heavy (non-hydrogen) atoms. The first-order valence-corrected chi connectivity index (χ1v) is 7.02.